The molecule has 0 saturated heterocycles. The summed E-state index contributed by atoms with van der Waals surface area (Å²) in [5, 5.41) is 10.2. The molecule has 3 aromatic heterocycles. The molecular formula is C19H17N3S. The van der Waals surface area contributed by atoms with Gasteiger partial charge in [-0.1, -0.05) is 18.2 Å². The first-order valence-electron chi connectivity index (χ1n) is 7.61. The van der Waals surface area contributed by atoms with E-state index in [4.69, 9.17) is 10.1 Å². The Morgan fingerprint density at radius 2 is 1.74 bits per heavy atom. The van der Waals surface area contributed by atoms with Crippen molar-refractivity contribution in [1.29, 1.82) is 0 Å². The van der Waals surface area contributed by atoms with Crippen LogP contribution >= 0.6 is 11.3 Å². The van der Waals surface area contributed by atoms with E-state index in [1.165, 1.54) is 16.7 Å². The molecule has 1 aromatic carbocycles. The second kappa shape index (κ2) is 5.32. The number of nitrogens with zero attached hydrogens (tertiary/aromatic N) is 3. The number of hydrogen-bond acceptors (Lipinski definition) is 3. The van der Waals surface area contributed by atoms with Crippen LogP contribution < -0.4 is 0 Å². The van der Waals surface area contributed by atoms with Gasteiger partial charge in [0.2, 0.25) is 0 Å². The first-order valence-corrected chi connectivity index (χ1v) is 8.55. The number of aromatic nitrogens is 3. The molecule has 0 amide bonds. The van der Waals surface area contributed by atoms with Crippen LogP contribution in [-0.2, 0) is 0 Å². The van der Waals surface area contributed by atoms with Gasteiger partial charge in [0.1, 0.15) is 0 Å². The Bertz CT molecular complexity index is 983. The minimum Gasteiger partial charge on any atom is -0.233 e. The SMILES string of the molecule is Cc1nc2c(c(C)nn2-c2ccccc2)c(C)c1-c1ccsc1. The van der Waals surface area contributed by atoms with Gasteiger partial charge in [0.05, 0.1) is 11.4 Å². The average molecular weight is 319 g/mol. The molecule has 0 saturated carbocycles. The summed E-state index contributed by atoms with van der Waals surface area (Å²) >= 11 is 1.71. The quantitative estimate of drug-likeness (QED) is 0.516. The van der Waals surface area contributed by atoms with Crippen LogP contribution in [0.2, 0.25) is 0 Å². The maximum absolute atomic E-state index is 4.89. The van der Waals surface area contributed by atoms with Crippen molar-refractivity contribution in [2.24, 2.45) is 0 Å². The molecule has 0 fully saturated rings. The lowest BCUT2D eigenvalue weighted by molar-refractivity contribution is 0.875. The number of benzene rings is 1. The van der Waals surface area contributed by atoms with Gasteiger partial charge < -0.3 is 0 Å². The van der Waals surface area contributed by atoms with Crippen LogP contribution in [0.3, 0.4) is 0 Å². The highest BCUT2D eigenvalue weighted by Gasteiger charge is 2.18. The smallest absolute Gasteiger partial charge is 0.163 e. The molecule has 0 bridgehead atoms. The summed E-state index contributed by atoms with van der Waals surface area (Å²) in [6.07, 6.45) is 0. The first kappa shape index (κ1) is 14.2. The Balaban J connectivity index is 2.05. The van der Waals surface area contributed by atoms with E-state index < -0.39 is 0 Å². The van der Waals surface area contributed by atoms with Crippen molar-refractivity contribution in [2.45, 2.75) is 20.8 Å². The molecule has 4 rings (SSSR count). The zero-order chi connectivity index (χ0) is 16.0. The molecule has 4 heteroatoms. The highest BCUT2D eigenvalue weighted by molar-refractivity contribution is 7.08. The van der Waals surface area contributed by atoms with E-state index in [2.05, 4.69) is 49.7 Å². The molecule has 114 valence electrons. The van der Waals surface area contributed by atoms with E-state index >= 15 is 0 Å². The summed E-state index contributed by atoms with van der Waals surface area (Å²) in [5.74, 6) is 0. The minimum atomic E-state index is 0.933. The van der Waals surface area contributed by atoms with Crippen LogP contribution in [-0.4, -0.2) is 14.8 Å². The maximum Gasteiger partial charge on any atom is 0.163 e. The van der Waals surface area contributed by atoms with Crippen LogP contribution in [0, 0.1) is 20.8 Å². The van der Waals surface area contributed by atoms with Crippen molar-refractivity contribution in [3.8, 4) is 16.8 Å². The average Bonchev–Trinajstić information content (AvgIpc) is 3.17. The number of hydrogen-bond donors (Lipinski definition) is 0. The van der Waals surface area contributed by atoms with Gasteiger partial charge in [-0.15, -0.1) is 0 Å². The van der Waals surface area contributed by atoms with Crippen molar-refractivity contribution in [3.63, 3.8) is 0 Å². The third-order valence-corrected chi connectivity index (χ3v) is 4.92. The Kier molecular flexibility index (Phi) is 3.27. The maximum atomic E-state index is 4.89. The Morgan fingerprint density at radius 1 is 0.957 bits per heavy atom. The van der Waals surface area contributed by atoms with Gasteiger partial charge in [0.25, 0.3) is 0 Å². The third-order valence-electron chi connectivity index (χ3n) is 4.23. The number of para-hydroxylation sites is 1. The molecule has 0 aliphatic carbocycles. The molecule has 0 N–H and O–H groups in total. The summed E-state index contributed by atoms with van der Waals surface area (Å²) in [6.45, 7) is 6.31. The molecule has 0 atom stereocenters. The predicted molar refractivity (Wildman–Crippen MR) is 96.4 cm³/mol. The lowest BCUT2D eigenvalue weighted by atomic mass is 9.99. The van der Waals surface area contributed by atoms with E-state index in [-0.39, 0.29) is 0 Å². The van der Waals surface area contributed by atoms with Crippen molar-refractivity contribution >= 4 is 22.4 Å². The number of thiophene rings is 1. The van der Waals surface area contributed by atoms with E-state index in [0.717, 1.165) is 28.1 Å². The summed E-state index contributed by atoms with van der Waals surface area (Å²) in [5.41, 5.74) is 7.77. The van der Waals surface area contributed by atoms with Gasteiger partial charge in [-0.2, -0.15) is 16.4 Å². The molecule has 3 nitrogen and oxygen atoms in total. The molecule has 0 aliphatic rings. The van der Waals surface area contributed by atoms with Crippen molar-refractivity contribution in [3.05, 3.63) is 64.1 Å². The zero-order valence-corrected chi connectivity index (χ0v) is 14.2. The summed E-state index contributed by atoms with van der Waals surface area (Å²) in [4.78, 5) is 4.89. The number of pyridine rings is 1. The topological polar surface area (TPSA) is 30.7 Å². The Morgan fingerprint density at radius 3 is 2.43 bits per heavy atom. The van der Waals surface area contributed by atoms with E-state index in [0.29, 0.717) is 0 Å². The molecule has 23 heavy (non-hydrogen) atoms. The summed E-state index contributed by atoms with van der Waals surface area (Å²) < 4.78 is 1.95. The number of fused-ring (bicyclic) bond motifs is 1. The molecule has 0 aliphatic heterocycles. The fourth-order valence-corrected chi connectivity index (χ4v) is 3.90. The predicted octanol–water partition coefficient (Wildman–Crippen LogP) is 5.07. The highest BCUT2D eigenvalue weighted by atomic mass is 32.1. The molecule has 0 unspecified atom stereocenters. The Labute approximate surface area is 139 Å². The molecule has 3 heterocycles. The van der Waals surface area contributed by atoms with Gasteiger partial charge in [0.15, 0.2) is 5.65 Å². The fraction of sp³-hybridized carbons (Fsp3) is 0.158. The third kappa shape index (κ3) is 2.18. The highest BCUT2D eigenvalue weighted by Crippen LogP contribution is 2.34. The van der Waals surface area contributed by atoms with Crippen LogP contribution in [0.4, 0.5) is 0 Å². The second-order valence-electron chi connectivity index (χ2n) is 5.74. The standard InChI is InChI=1S/C19H17N3S/c1-12-17(15-9-10-23-11-15)13(2)20-19-18(12)14(3)21-22(19)16-7-5-4-6-8-16/h4-11H,1-3H3. The zero-order valence-electron chi connectivity index (χ0n) is 13.4. The van der Waals surface area contributed by atoms with Crippen molar-refractivity contribution in [2.75, 3.05) is 0 Å². The lowest BCUT2D eigenvalue weighted by Crippen LogP contribution is -2.00. The normalized spacial score (nSPS) is 11.3. The minimum absolute atomic E-state index is 0.933. The summed E-state index contributed by atoms with van der Waals surface area (Å²) in [6, 6.07) is 12.3. The van der Waals surface area contributed by atoms with Crippen LogP contribution in [0.1, 0.15) is 17.0 Å². The van der Waals surface area contributed by atoms with Crippen LogP contribution in [0.25, 0.3) is 27.8 Å². The van der Waals surface area contributed by atoms with Gasteiger partial charge in [-0.3, -0.25) is 0 Å². The van der Waals surface area contributed by atoms with Gasteiger partial charge in [-0.25, -0.2) is 9.67 Å². The molecular weight excluding hydrogens is 302 g/mol. The number of rotatable bonds is 2. The van der Waals surface area contributed by atoms with E-state index in [1.54, 1.807) is 11.3 Å². The van der Waals surface area contributed by atoms with Gasteiger partial charge in [-0.05, 0) is 60.9 Å². The second-order valence-corrected chi connectivity index (χ2v) is 6.52. The lowest BCUT2D eigenvalue weighted by Gasteiger charge is -2.10. The van der Waals surface area contributed by atoms with Crippen LogP contribution in [0.5, 0.6) is 0 Å². The van der Waals surface area contributed by atoms with Crippen molar-refractivity contribution < 1.29 is 0 Å². The van der Waals surface area contributed by atoms with E-state index in [1.807, 2.05) is 22.9 Å². The molecule has 0 radical (unpaired) electrons. The molecule has 4 aromatic rings. The molecule has 0 spiro atoms. The fourth-order valence-electron chi connectivity index (χ4n) is 3.25. The summed E-state index contributed by atoms with van der Waals surface area (Å²) in [7, 11) is 0. The monoisotopic (exact) mass is 319 g/mol. The van der Waals surface area contributed by atoms with E-state index in [9.17, 15) is 0 Å². The van der Waals surface area contributed by atoms with Crippen molar-refractivity contribution in [1.82, 2.24) is 14.8 Å². The first-order chi connectivity index (χ1) is 11.2. The largest absolute Gasteiger partial charge is 0.233 e. The van der Waals surface area contributed by atoms with Gasteiger partial charge in [0, 0.05) is 16.6 Å². The number of aryl methyl sites for hydroxylation is 3. The van der Waals surface area contributed by atoms with Gasteiger partial charge >= 0.3 is 0 Å². The Hall–Kier alpha value is -2.46. The van der Waals surface area contributed by atoms with Crippen LogP contribution in [0.15, 0.2) is 47.2 Å².